The monoisotopic (exact) mass is 428 g/mol. The summed E-state index contributed by atoms with van der Waals surface area (Å²) in [6.45, 7) is 1.34. The summed E-state index contributed by atoms with van der Waals surface area (Å²) in [4.78, 5) is 30.7. The minimum Gasteiger partial charge on any atom is -0.388 e. The molecule has 1 aromatic rings. The third kappa shape index (κ3) is 3.94. The highest BCUT2D eigenvalue weighted by Crippen LogP contribution is 2.50. The lowest BCUT2D eigenvalue weighted by Gasteiger charge is -2.52. The fourth-order valence-corrected chi connectivity index (χ4v) is 5.87. The van der Waals surface area contributed by atoms with Crippen molar-refractivity contribution in [2.75, 3.05) is 33.7 Å². The van der Waals surface area contributed by atoms with Crippen LogP contribution in [0.3, 0.4) is 0 Å². The average Bonchev–Trinajstić information content (AvgIpc) is 2.98. The van der Waals surface area contributed by atoms with E-state index in [1.807, 2.05) is 11.0 Å². The smallest absolute Gasteiger partial charge is 0.320 e. The zero-order valence-electron chi connectivity index (χ0n) is 18.8. The standard InChI is InChI=1S/C24H36N4O3/c1-26(2)24(19-7-4-3-5-8-19)14-12-22(13-15-24)17-27(16-9-20(25)29)21(30)28(22)18-23(31)10-6-11-23/h3-5,7-8,31H,6,9-18H2,1-2H3,(H2,25,29)/t22-,24-. The summed E-state index contributed by atoms with van der Waals surface area (Å²) >= 11 is 0. The lowest BCUT2D eigenvalue weighted by Crippen LogP contribution is -2.59. The Morgan fingerprint density at radius 1 is 1.10 bits per heavy atom. The number of nitrogens with two attached hydrogens (primary N) is 1. The van der Waals surface area contributed by atoms with Crippen LogP contribution in [0.1, 0.15) is 56.9 Å². The van der Waals surface area contributed by atoms with Crippen LogP contribution < -0.4 is 5.73 Å². The number of hydrogen-bond donors (Lipinski definition) is 2. The molecule has 1 heterocycles. The Hall–Kier alpha value is -2.12. The fraction of sp³-hybridized carbons (Fsp3) is 0.667. The molecule has 1 spiro atoms. The molecule has 2 aliphatic carbocycles. The summed E-state index contributed by atoms with van der Waals surface area (Å²) in [5.41, 5.74) is 5.54. The molecule has 4 rings (SSSR count). The maximum Gasteiger partial charge on any atom is 0.320 e. The van der Waals surface area contributed by atoms with E-state index in [4.69, 9.17) is 5.73 Å². The molecule has 0 radical (unpaired) electrons. The van der Waals surface area contributed by atoms with E-state index in [0.29, 0.717) is 19.6 Å². The summed E-state index contributed by atoms with van der Waals surface area (Å²) in [5.74, 6) is -0.391. The van der Waals surface area contributed by atoms with Gasteiger partial charge in [-0.05, 0) is 64.6 Å². The summed E-state index contributed by atoms with van der Waals surface area (Å²) < 4.78 is 0. The van der Waals surface area contributed by atoms with Crippen LogP contribution in [-0.2, 0) is 10.3 Å². The molecule has 1 saturated heterocycles. The molecule has 3 fully saturated rings. The molecule has 31 heavy (non-hydrogen) atoms. The molecule has 0 aromatic heterocycles. The van der Waals surface area contributed by atoms with Crippen LogP contribution >= 0.6 is 0 Å². The van der Waals surface area contributed by atoms with Gasteiger partial charge >= 0.3 is 6.03 Å². The van der Waals surface area contributed by atoms with Gasteiger partial charge in [0.1, 0.15) is 0 Å². The van der Waals surface area contributed by atoms with Gasteiger partial charge in [0, 0.05) is 25.0 Å². The van der Waals surface area contributed by atoms with E-state index >= 15 is 0 Å². The van der Waals surface area contributed by atoms with Gasteiger partial charge in [-0.3, -0.25) is 9.69 Å². The molecule has 170 valence electrons. The van der Waals surface area contributed by atoms with Crippen molar-refractivity contribution < 1.29 is 14.7 Å². The van der Waals surface area contributed by atoms with Gasteiger partial charge in [0.05, 0.1) is 17.7 Å². The van der Waals surface area contributed by atoms with Crippen molar-refractivity contribution in [2.24, 2.45) is 5.73 Å². The van der Waals surface area contributed by atoms with Crippen molar-refractivity contribution in [3.63, 3.8) is 0 Å². The Bertz CT molecular complexity index is 813. The quantitative estimate of drug-likeness (QED) is 0.697. The Morgan fingerprint density at radius 3 is 2.26 bits per heavy atom. The minimum atomic E-state index is -0.766. The first kappa shape index (κ1) is 22.1. The van der Waals surface area contributed by atoms with Crippen LogP contribution in [-0.4, -0.2) is 76.6 Å². The number of aliphatic hydroxyl groups is 1. The van der Waals surface area contributed by atoms with E-state index in [1.165, 1.54) is 5.56 Å². The third-order valence-electron chi connectivity index (χ3n) is 8.10. The molecular formula is C24H36N4O3. The Morgan fingerprint density at radius 2 is 1.74 bits per heavy atom. The Labute approximate surface area is 185 Å². The van der Waals surface area contributed by atoms with Crippen LogP contribution in [0, 0.1) is 0 Å². The zero-order valence-corrected chi connectivity index (χ0v) is 18.8. The molecule has 2 saturated carbocycles. The summed E-state index contributed by atoms with van der Waals surface area (Å²) in [6, 6.07) is 10.6. The number of hydrogen-bond acceptors (Lipinski definition) is 4. The van der Waals surface area contributed by atoms with Crippen LogP contribution in [0.5, 0.6) is 0 Å². The first-order chi connectivity index (χ1) is 14.7. The molecule has 3 N–H and O–H groups in total. The summed E-state index contributed by atoms with van der Waals surface area (Å²) in [7, 11) is 4.28. The topological polar surface area (TPSA) is 90.1 Å². The first-order valence-electron chi connectivity index (χ1n) is 11.5. The second kappa shape index (κ2) is 8.10. The van der Waals surface area contributed by atoms with Gasteiger partial charge in [-0.25, -0.2) is 4.79 Å². The molecular weight excluding hydrogens is 392 g/mol. The molecule has 3 aliphatic rings. The number of nitrogens with zero attached hydrogens (tertiary/aromatic N) is 3. The second-order valence-electron chi connectivity index (χ2n) is 10.1. The number of benzene rings is 1. The normalized spacial score (nSPS) is 30.1. The summed E-state index contributed by atoms with van der Waals surface area (Å²) in [5, 5.41) is 10.9. The molecule has 1 aromatic carbocycles. The second-order valence-corrected chi connectivity index (χ2v) is 10.1. The predicted molar refractivity (Wildman–Crippen MR) is 119 cm³/mol. The fourth-order valence-electron chi connectivity index (χ4n) is 5.87. The number of amides is 3. The van der Waals surface area contributed by atoms with Crippen LogP contribution in [0.15, 0.2) is 30.3 Å². The number of carbonyl (C=O) groups is 2. The van der Waals surface area contributed by atoms with Crippen molar-refractivity contribution in [3.05, 3.63) is 35.9 Å². The lowest BCUT2D eigenvalue weighted by atomic mass is 9.67. The van der Waals surface area contributed by atoms with Gasteiger partial charge < -0.3 is 20.6 Å². The van der Waals surface area contributed by atoms with Crippen LogP contribution in [0.25, 0.3) is 0 Å². The molecule has 7 nitrogen and oxygen atoms in total. The number of β-amino-alcohol motifs (C(OH)–C–C–N with tert-alkyl or cyclic N) is 1. The molecule has 3 amide bonds. The van der Waals surface area contributed by atoms with Gasteiger partial charge in [-0.15, -0.1) is 0 Å². The number of carbonyl (C=O) groups excluding carboxylic acids is 2. The Balaban J connectivity index is 1.59. The maximum atomic E-state index is 13.4. The van der Waals surface area contributed by atoms with E-state index in [0.717, 1.165) is 44.9 Å². The molecule has 7 heteroatoms. The van der Waals surface area contributed by atoms with Gasteiger partial charge in [-0.2, -0.15) is 0 Å². The first-order valence-corrected chi connectivity index (χ1v) is 11.5. The number of urea groups is 1. The highest BCUT2D eigenvalue weighted by atomic mass is 16.3. The van der Waals surface area contributed by atoms with Gasteiger partial charge in [0.15, 0.2) is 0 Å². The van der Waals surface area contributed by atoms with Gasteiger partial charge in [0.25, 0.3) is 0 Å². The van der Waals surface area contributed by atoms with E-state index in [2.05, 4.69) is 43.3 Å². The molecule has 0 atom stereocenters. The van der Waals surface area contributed by atoms with Crippen LogP contribution in [0.2, 0.25) is 0 Å². The number of primary amides is 1. The zero-order chi connectivity index (χ0) is 22.3. The minimum absolute atomic E-state index is 0.0568. The van der Waals surface area contributed by atoms with E-state index in [-0.39, 0.29) is 23.5 Å². The van der Waals surface area contributed by atoms with E-state index in [9.17, 15) is 14.7 Å². The van der Waals surface area contributed by atoms with Crippen molar-refractivity contribution in [2.45, 2.75) is 68.0 Å². The largest absolute Gasteiger partial charge is 0.388 e. The average molecular weight is 429 g/mol. The van der Waals surface area contributed by atoms with Crippen molar-refractivity contribution >= 4 is 11.9 Å². The maximum absolute atomic E-state index is 13.4. The molecule has 0 bridgehead atoms. The van der Waals surface area contributed by atoms with Crippen molar-refractivity contribution in [1.82, 2.24) is 14.7 Å². The van der Waals surface area contributed by atoms with Gasteiger partial charge in [0.2, 0.25) is 5.91 Å². The SMILES string of the molecule is CN(C)[C@]1(c2ccccc2)CC[C@@]2(CC1)CN(CCC(N)=O)C(=O)N2CC1(O)CCC1. The summed E-state index contributed by atoms with van der Waals surface area (Å²) in [6.07, 6.45) is 6.30. The van der Waals surface area contributed by atoms with E-state index in [1.54, 1.807) is 4.90 Å². The number of rotatable bonds is 7. The molecule has 0 unspecified atom stereocenters. The van der Waals surface area contributed by atoms with Gasteiger partial charge in [-0.1, -0.05) is 30.3 Å². The third-order valence-corrected chi connectivity index (χ3v) is 8.10. The highest BCUT2D eigenvalue weighted by molar-refractivity contribution is 5.80. The lowest BCUT2D eigenvalue weighted by molar-refractivity contribution is -0.118. The van der Waals surface area contributed by atoms with Crippen LogP contribution in [0.4, 0.5) is 4.79 Å². The molecule has 1 aliphatic heterocycles. The highest BCUT2D eigenvalue weighted by Gasteiger charge is 2.56. The van der Waals surface area contributed by atoms with Crippen molar-refractivity contribution in [3.8, 4) is 0 Å². The van der Waals surface area contributed by atoms with E-state index < -0.39 is 11.5 Å². The van der Waals surface area contributed by atoms with Crippen molar-refractivity contribution in [1.29, 1.82) is 0 Å². The predicted octanol–water partition coefficient (Wildman–Crippen LogP) is 2.28. The Kier molecular flexibility index (Phi) is 5.77.